The first-order valence-corrected chi connectivity index (χ1v) is 5.29. The van der Waals surface area contributed by atoms with Gasteiger partial charge < -0.3 is 9.47 Å². The molecule has 0 atom stereocenters. The van der Waals surface area contributed by atoms with Gasteiger partial charge in [0.25, 0.3) is 0 Å². The lowest BCUT2D eigenvalue weighted by Crippen LogP contribution is -2.18. The molecule has 6 heteroatoms. The summed E-state index contributed by atoms with van der Waals surface area (Å²) in [7, 11) is 0. The molecule has 0 spiro atoms. The molecule has 0 radical (unpaired) electrons. The summed E-state index contributed by atoms with van der Waals surface area (Å²) in [6.45, 7) is 3.44. The van der Waals surface area contributed by atoms with Gasteiger partial charge in [-0.15, -0.1) is 13.2 Å². The number of hydrogen-bond donors (Lipinski definition) is 0. The molecule has 1 aromatic rings. The van der Waals surface area contributed by atoms with Crippen molar-refractivity contribution in [1.82, 2.24) is 0 Å². The molecule has 16 heavy (non-hydrogen) atoms. The standard InChI is InChI=1S/C10H10BrF3O2/c1-6(2)15-9-5-7(11)3-4-8(9)16-10(12,13)14/h3-6H,1-2H3. The van der Waals surface area contributed by atoms with Gasteiger partial charge in [0.15, 0.2) is 11.5 Å². The lowest BCUT2D eigenvalue weighted by Gasteiger charge is -2.16. The minimum atomic E-state index is -4.72. The van der Waals surface area contributed by atoms with Crippen molar-refractivity contribution in [2.24, 2.45) is 0 Å². The van der Waals surface area contributed by atoms with E-state index in [-0.39, 0.29) is 17.6 Å². The van der Waals surface area contributed by atoms with Crippen molar-refractivity contribution in [3.63, 3.8) is 0 Å². The van der Waals surface area contributed by atoms with Crippen LogP contribution in [0.25, 0.3) is 0 Å². The second-order valence-electron chi connectivity index (χ2n) is 3.31. The molecule has 0 aliphatic heterocycles. The fourth-order valence-corrected chi connectivity index (χ4v) is 1.38. The van der Waals surface area contributed by atoms with Crippen molar-refractivity contribution in [3.8, 4) is 11.5 Å². The Morgan fingerprint density at radius 2 is 1.81 bits per heavy atom. The van der Waals surface area contributed by atoms with Crippen LogP contribution < -0.4 is 9.47 Å². The summed E-state index contributed by atoms with van der Waals surface area (Å²) in [6, 6.07) is 4.09. The largest absolute Gasteiger partial charge is 0.573 e. The quantitative estimate of drug-likeness (QED) is 0.835. The van der Waals surface area contributed by atoms with Crippen LogP contribution in [0, 0.1) is 0 Å². The van der Waals surface area contributed by atoms with E-state index in [1.165, 1.54) is 18.2 Å². The molecule has 0 N–H and O–H groups in total. The van der Waals surface area contributed by atoms with Crippen molar-refractivity contribution in [3.05, 3.63) is 22.7 Å². The number of halogens is 4. The van der Waals surface area contributed by atoms with Gasteiger partial charge in [0.05, 0.1) is 6.10 Å². The van der Waals surface area contributed by atoms with Gasteiger partial charge in [-0.1, -0.05) is 15.9 Å². The summed E-state index contributed by atoms with van der Waals surface area (Å²) in [5.41, 5.74) is 0. The highest BCUT2D eigenvalue weighted by Crippen LogP contribution is 2.34. The van der Waals surface area contributed by atoms with E-state index < -0.39 is 6.36 Å². The molecule has 90 valence electrons. The fraction of sp³-hybridized carbons (Fsp3) is 0.400. The average molecular weight is 299 g/mol. The van der Waals surface area contributed by atoms with Crippen molar-refractivity contribution in [2.75, 3.05) is 0 Å². The van der Waals surface area contributed by atoms with E-state index in [9.17, 15) is 13.2 Å². The van der Waals surface area contributed by atoms with Crippen LogP contribution in [0.4, 0.5) is 13.2 Å². The molecule has 1 rings (SSSR count). The van der Waals surface area contributed by atoms with Crippen LogP contribution in [0.2, 0.25) is 0 Å². The minimum absolute atomic E-state index is 0.0571. The van der Waals surface area contributed by atoms with E-state index >= 15 is 0 Å². The molecule has 0 bridgehead atoms. The molecular formula is C10H10BrF3O2. The third kappa shape index (κ3) is 4.30. The average Bonchev–Trinajstić information content (AvgIpc) is 2.06. The van der Waals surface area contributed by atoms with Crippen LogP contribution >= 0.6 is 15.9 Å². The number of hydrogen-bond acceptors (Lipinski definition) is 2. The Hall–Kier alpha value is -0.910. The monoisotopic (exact) mass is 298 g/mol. The Balaban J connectivity index is 2.98. The zero-order valence-corrected chi connectivity index (χ0v) is 10.2. The summed E-state index contributed by atoms with van der Waals surface area (Å²) in [6.07, 6.45) is -4.95. The zero-order valence-electron chi connectivity index (χ0n) is 8.64. The predicted octanol–water partition coefficient (Wildman–Crippen LogP) is 4.13. The van der Waals surface area contributed by atoms with E-state index in [2.05, 4.69) is 20.7 Å². The molecule has 0 unspecified atom stereocenters. The molecule has 0 saturated heterocycles. The highest BCUT2D eigenvalue weighted by molar-refractivity contribution is 9.10. The van der Waals surface area contributed by atoms with E-state index in [0.29, 0.717) is 4.47 Å². The maximum atomic E-state index is 12.1. The Bertz CT molecular complexity index is 364. The minimum Gasteiger partial charge on any atom is -0.487 e. The van der Waals surface area contributed by atoms with Crippen molar-refractivity contribution in [1.29, 1.82) is 0 Å². The summed E-state index contributed by atoms with van der Waals surface area (Å²) in [4.78, 5) is 0. The first-order chi connectivity index (χ1) is 7.28. The van der Waals surface area contributed by atoms with E-state index in [0.717, 1.165) is 0 Å². The van der Waals surface area contributed by atoms with Crippen molar-refractivity contribution < 1.29 is 22.6 Å². The first-order valence-electron chi connectivity index (χ1n) is 4.50. The van der Waals surface area contributed by atoms with Gasteiger partial charge in [-0.3, -0.25) is 0 Å². The highest BCUT2D eigenvalue weighted by Gasteiger charge is 2.32. The second kappa shape index (κ2) is 4.95. The molecule has 0 amide bonds. The van der Waals surface area contributed by atoms with Gasteiger partial charge in [0, 0.05) is 4.47 Å². The first kappa shape index (κ1) is 13.2. The topological polar surface area (TPSA) is 18.5 Å². The number of benzene rings is 1. The predicted molar refractivity (Wildman–Crippen MR) is 56.6 cm³/mol. The van der Waals surface area contributed by atoms with E-state index in [1.54, 1.807) is 13.8 Å². The molecule has 0 aromatic heterocycles. The Labute approximate surface area is 99.5 Å². The molecule has 1 aromatic carbocycles. The molecule has 0 aliphatic carbocycles. The fourth-order valence-electron chi connectivity index (χ4n) is 1.04. The number of rotatable bonds is 3. The van der Waals surface area contributed by atoms with Gasteiger partial charge in [-0.05, 0) is 32.0 Å². The summed E-state index contributed by atoms with van der Waals surface area (Å²) in [5.74, 6) is -0.286. The maximum absolute atomic E-state index is 12.1. The molecule has 0 heterocycles. The van der Waals surface area contributed by atoms with Crippen LogP contribution in [0.1, 0.15) is 13.8 Å². The van der Waals surface area contributed by atoms with Gasteiger partial charge in [0.2, 0.25) is 0 Å². The van der Waals surface area contributed by atoms with Gasteiger partial charge >= 0.3 is 6.36 Å². The molecule has 0 saturated carbocycles. The van der Waals surface area contributed by atoms with Crippen LogP contribution in [-0.4, -0.2) is 12.5 Å². The zero-order chi connectivity index (χ0) is 12.3. The molecule has 0 fully saturated rings. The Kier molecular flexibility index (Phi) is 4.07. The van der Waals surface area contributed by atoms with Crippen LogP contribution in [0.3, 0.4) is 0 Å². The summed E-state index contributed by atoms with van der Waals surface area (Å²) < 4.78 is 45.9. The van der Waals surface area contributed by atoms with E-state index in [1.807, 2.05) is 0 Å². The lowest BCUT2D eigenvalue weighted by molar-refractivity contribution is -0.275. The Morgan fingerprint density at radius 1 is 1.19 bits per heavy atom. The van der Waals surface area contributed by atoms with E-state index in [4.69, 9.17) is 4.74 Å². The number of alkyl halides is 3. The highest BCUT2D eigenvalue weighted by atomic mass is 79.9. The van der Waals surface area contributed by atoms with Gasteiger partial charge in [-0.2, -0.15) is 0 Å². The summed E-state index contributed by atoms with van der Waals surface area (Å²) in [5, 5.41) is 0. The van der Waals surface area contributed by atoms with Crippen molar-refractivity contribution >= 4 is 15.9 Å². The lowest BCUT2D eigenvalue weighted by atomic mass is 10.3. The SMILES string of the molecule is CC(C)Oc1cc(Br)ccc1OC(F)(F)F. The maximum Gasteiger partial charge on any atom is 0.573 e. The normalized spacial score (nSPS) is 11.7. The molecular weight excluding hydrogens is 289 g/mol. The molecule has 2 nitrogen and oxygen atoms in total. The van der Waals surface area contributed by atoms with Crippen LogP contribution in [0.15, 0.2) is 22.7 Å². The molecule has 0 aliphatic rings. The van der Waals surface area contributed by atoms with Crippen molar-refractivity contribution in [2.45, 2.75) is 26.3 Å². The van der Waals surface area contributed by atoms with Crippen LogP contribution in [-0.2, 0) is 0 Å². The smallest absolute Gasteiger partial charge is 0.487 e. The van der Waals surface area contributed by atoms with Crippen LogP contribution in [0.5, 0.6) is 11.5 Å². The Morgan fingerprint density at radius 3 is 2.31 bits per heavy atom. The van der Waals surface area contributed by atoms with Gasteiger partial charge in [-0.25, -0.2) is 0 Å². The third-order valence-corrected chi connectivity index (χ3v) is 1.99. The summed E-state index contributed by atoms with van der Waals surface area (Å²) >= 11 is 3.15. The second-order valence-corrected chi connectivity index (χ2v) is 4.22. The van der Waals surface area contributed by atoms with Gasteiger partial charge in [0.1, 0.15) is 0 Å². The third-order valence-electron chi connectivity index (χ3n) is 1.49. The number of ether oxygens (including phenoxy) is 2.